The highest BCUT2D eigenvalue weighted by atomic mass is 35.5. The van der Waals surface area contributed by atoms with E-state index in [1.807, 2.05) is 47.0 Å². The lowest BCUT2D eigenvalue weighted by Crippen LogP contribution is -1.82. The van der Waals surface area contributed by atoms with Gasteiger partial charge in [-0.15, -0.1) is 0 Å². The monoisotopic (exact) mass is 229 g/mol. The van der Waals surface area contributed by atoms with Crippen molar-refractivity contribution < 1.29 is 0 Å². The van der Waals surface area contributed by atoms with E-state index in [1.165, 1.54) is 0 Å². The molecular weight excluding hydrogens is 222 g/mol. The van der Waals surface area contributed by atoms with Gasteiger partial charge in [-0.3, -0.25) is 9.38 Å². The summed E-state index contributed by atoms with van der Waals surface area (Å²) in [6, 6.07) is 11.4. The second-order valence-electron chi connectivity index (χ2n) is 3.42. The molecule has 0 N–H and O–H groups in total. The molecular formula is C12H8ClN3. The molecule has 3 heterocycles. The molecule has 0 radical (unpaired) electrons. The van der Waals surface area contributed by atoms with E-state index in [-0.39, 0.29) is 0 Å². The quantitative estimate of drug-likeness (QED) is 0.601. The van der Waals surface area contributed by atoms with Gasteiger partial charge in [0.1, 0.15) is 16.5 Å². The second-order valence-corrected chi connectivity index (χ2v) is 3.81. The first-order valence-electron chi connectivity index (χ1n) is 4.89. The minimum Gasteiger partial charge on any atom is -0.290 e. The molecule has 0 aromatic carbocycles. The fourth-order valence-electron chi connectivity index (χ4n) is 1.61. The van der Waals surface area contributed by atoms with Crippen molar-refractivity contribution in [2.75, 3.05) is 0 Å². The molecule has 0 aliphatic heterocycles. The van der Waals surface area contributed by atoms with Gasteiger partial charge in [-0.25, -0.2) is 4.98 Å². The van der Waals surface area contributed by atoms with Gasteiger partial charge >= 0.3 is 0 Å². The number of rotatable bonds is 1. The van der Waals surface area contributed by atoms with Crippen LogP contribution in [0.3, 0.4) is 0 Å². The van der Waals surface area contributed by atoms with Gasteiger partial charge in [-0.05, 0) is 24.3 Å². The van der Waals surface area contributed by atoms with Crippen molar-refractivity contribution >= 4 is 17.2 Å². The Morgan fingerprint density at radius 1 is 1.00 bits per heavy atom. The number of halogens is 1. The Labute approximate surface area is 97.3 Å². The van der Waals surface area contributed by atoms with Crippen LogP contribution in [-0.4, -0.2) is 14.4 Å². The van der Waals surface area contributed by atoms with Crippen LogP contribution >= 0.6 is 11.6 Å². The van der Waals surface area contributed by atoms with Crippen LogP contribution in [0.2, 0.25) is 5.15 Å². The number of pyridine rings is 2. The van der Waals surface area contributed by atoms with Crippen molar-refractivity contribution in [3.63, 3.8) is 0 Å². The minimum absolute atomic E-state index is 0.646. The number of imidazole rings is 1. The number of hydrogen-bond donors (Lipinski definition) is 0. The molecule has 0 spiro atoms. The molecule has 0 aliphatic carbocycles. The van der Waals surface area contributed by atoms with E-state index in [4.69, 9.17) is 11.6 Å². The molecule has 3 aromatic heterocycles. The van der Waals surface area contributed by atoms with Gasteiger partial charge < -0.3 is 0 Å². The van der Waals surface area contributed by atoms with Crippen LogP contribution in [-0.2, 0) is 0 Å². The Kier molecular flexibility index (Phi) is 2.11. The first kappa shape index (κ1) is 9.36. The highest BCUT2D eigenvalue weighted by molar-refractivity contribution is 6.29. The Morgan fingerprint density at radius 3 is 2.69 bits per heavy atom. The van der Waals surface area contributed by atoms with Gasteiger partial charge in [0.25, 0.3) is 0 Å². The molecule has 0 bridgehead atoms. The van der Waals surface area contributed by atoms with Gasteiger partial charge in [-0.2, -0.15) is 0 Å². The van der Waals surface area contributed by atoms with Gasteiger partial charge in [0, 0.05) is 12.4 Å². The zero-order chi connectivity index (χ0) is 11.0. The molecule has 0 saturated carbocycles. The number of aromatic nitrogens is 3. The molecule has 0 aliphatic rings. The van der Waals surface area contributed by atoms with Crippen LogP contribution in [0.25, 0.3) is 17.0 Å². The van der Waals surface area contributed by atoms with Gasteiger partial charge in [-0.1, -0.05) is 23.7 Å². The summed E-state index contributed by atoms with van der Waals surface area (Å²) in [6.07, 6.45) is 3.64. The van der Waals surface area contributed by atoms with Crippen LogP contribution in [0.15, 0.2) is 48.8 Å². The maximum atomic E-state index is 6.06. The van der Waals surface area contributed by atoms with Crippen LogP contribution in [0.4, 0.5) is 0 Å². The molecule has 0 unspecified atom stereocenters. The lowest BCUT2D eigenvalue weighted by atomic mass is 10.3. The molecule has 0 atom stereocenters. The van der Waals surface area contributed by atoms with E-state index in [0.717, 1.165) is 17.0 Å². The fraction of sp³-hybridized carbons (Fsp3) is 0. The van der Waals surface area contributed by atoms with Crippen LogP contribution in [0.5, 0.6) is 0 Å². The smallest absolute Gasteiger partial charge is 0.138 e. The summed E-state index contributed by atoms with van der Waals surface area (Å²) in [5.74, 6) is 0. The van der Waals surface area contributed by atoms with E-state index < -0.39 is 0 Å². The number of hydrogen-bond acceptors (Lipinski definition) is 2. The summed E-state index contributed by atoms with van der Waals surface area (Å²) in [5.41, 5.74) is 2.50. The van der Waals surface area contributed by atoms with Gasteiger partial charge in [0.15, 0.2) is 0 Å². The standard InChI is InChI=1S/C12H8ClN3/c13-11-5-3-6-12-15-10(8-16(11)12)9-4-1-2-7-14-9/h1-8H. The third kappa shape index (κ3) is 1.46. The van der Waals surface area contributed by atoms with E-state index in [0.29, 0.717) is 5.15 Å². The Balaban J connectivity index is 2.23. The molecule has 4 heteroatoms. The summed E-state index contributed by atoms with van der Waals surface area (Å²) >= 11 is 6.06. The second kappa shape index (κ2) is 3.61. The minimum atomic E-state index is 0.646. The van der Waals surface area contributed by atoms with Crippen LogP contribution in [0.1, 0.15) is 0 Å². The maximum absolute atomic E-state index is 6.06. The van der Waals surface area contributed by atoms with Crippen molar-refractivity contribution in [1.82, 2.24) is 14.4 Å². The zero-order valence-corrected chi connectivity index (χ0v) is 9.09. The van der Waals surface area contributed by atoms with Crippen molar-refractivity contribution in [1.29, 1.82) is 0 Å². The summed E-state index contributed by atoms with van der Waals surface area (Å²) in [7, 11) is 0. The lowest BCUT2D eigenvalue weighted by Gasteiger charge is -1.93. The summed E-state index contributed by atoms with van der Waals surface area (Å²) in [6.45, 7) is 0. The predicted molar refractivity (Wildman–Crippen MR) is 63.4 cm³/mol. The Morgan fingerprint density at radius 2 is 1.94 bits per heavy atom. The van der Waals surface area contributed by atoms with Crippen LogP contribution < -0.4 is 0 Å². The van der Waals surface area contributed by atoms with E-state index in [9.17, 15) is 0 Å². The molecule has 78 valence electrons. The largest absolute Gasteiger partial charge is 0.290 e. The van der Waals surface area contributed by atoms with Crippen molar-refractivity contribution in [3.8, 4) is 11.4 Å². The van der Waals surface area contributed by atoms with Gasteiger partial charge in [0.05, 0.1) is 5.69 Å². The fourth-order valence-corrected chi connectivity index (χ4v) is 1.82. The number of nitrogens with zero attached hydrogens (tertiary/aromatic N) is 3. The van der Waals surface area contributed by atoms with Crippen molar-refractivity contribution in [3.05, 3.63) is 53.9 Å². The predicted octanol–water partition coefficient (Wildman–Crippen LogP) is 3.05. The van der Waals surface area contributed by atoms with E-state index >= 15 is 0 Å². The highest BCUT2D eigenvalue weighted by Gasteiger charge is 2.06. The first-order valence-corrected chi connectivity index (χ1v) is 5.27. The van der Waals surface area contributed by atoms with E-state index in [1.54, 1.807) is 6.20 Å². The molecule has 16 heavy (non-hydrogen) atoms. The summed E-state index contributed by atoms with van der Waals surface area (Å²) in [5, 5.41) is 0.646. The summed E-state index contributed by atoms with van der Waals surface area (Å²) < 4.78 is 1.84. The molecule has 3 aromatic rings. The van der Waals surface area contributed by atoms with Crippen LogP contribution in [0, 0.1) is 0 Å². The highest BCUT2D eigenvalue weighted by Crippen LogP contribution is 2.19. The average molecular weight is 230 g/mol. The zero-order valence-electron chi connectivity index (χ0n) is 8.34. The average Bonchev–Trinajstić information content (AvgIpc) is 2.76. The molecule has 3 nitrogen and oxygen atoms in total. The molecule has 0 amide bonds. The maximum Gasteiger partial charge on any atom is 0.138 e. The van der Waals surface area contributed by atoms with Crippen molar-refractivity contribution in [2.45, 2.75) is 0 Å². The third-order valence-electron chi connectivity index (χ3n) is 2.37. The third-order valence-corrected chi connectivity index (χ3v) is 2.68. The van der Waals surface area contributed by atoms with Crippen molar-refractivity contribution in [2.24, 2.45) is 0 Å². The van der Waals surface area contributed by atoms with Gasteiger partial charge in [0.2, 0.25) is 0 Å². The lowest BCUT2D eigenvalue weighted by molar-refractivity contribution is 1.19. The molecule has 0 fully saturated rings. The Hall–Kier alpha value is -1.87. The summed E-state index contributed by atoms with van der Waals surface area (Å²) in [4.78, 5) is 8.71. The van der Waals surface area contributed by atoms with E-state index in [2.05, 4.69) is 9.97 Å². The SMILES string of the molecule is Clc1cccc2nc(-c3ccccn3)cn12. The molecule has 0 saturated heterocycles. The normalized spacial score (nSPS) is 10.8. The first-order chi connectivity index (χ1) is 7.84. The number of fused-ring (bicyclic) bond motifs is 1. The Bertz CT molecular complexity index is 631. The molecule has 3 rings (SSSR count). The topological polar surface area (TPSA) is 30.2 Å².